The normalized spacial score (nSPS) is 24.0. The summed E-state index contributed by atoms with van der Waals surface area (Å²) in [6.07, 6.45) is 4.65. The Morgan fingerprint density at radius 2 is 1.47 bits per heavy atom. The molecule has 0 radical (unpaired) electrons. The van der Waals surface area contributed by atoms with E-state index in [1.165, 1.54) is 18.1 Å². The summed E-state index contributed by atoms with van der Waals surface area (Å²) in [5.74, 6) is 0. The van der Waals surface area contributed by atoms with E-state index >= 15 is 0 Å². The van der Waals surface area contributed by atoms with Gasteiger partial charge in [0, 0.05) is 0 Å². The molecule has 0 saturated carbocycles. The van der Waals surface area contributed by atoms with Crippen LogP contribution in [0.15, 0.2) is 30.3 Å². The van der Waals surface area contributed by atoms with E-state index in [-0.39, 0.29) is 0 Å². The van der Waals surface area contributed by atoms with E-state index in [4.69, 9.17) is 9.05 Å². The standard InChI is InChI=1S/C14H23O2P/c1-3-15-17(16-4-2,12-8-9-13-17)14-10-6-5-7-11-14/h5-7,10-11H,3-4,8-9,12-13H2,1-2H3. The van der Waals surface area contributed by atoms with Gasteiger partial charge in [0.05, 0.1) is 0 Å². The molecule has 0 N–H and O–H groups in total. The number of hydrogen-bond acceptors (Lipinski definition) is 2. The molecule has 1 heterocycles. The van der Waals surface area contributed by atoms with Crippen molar-refractivity contribution in [1.29, 1.82) is 0 Å². The van der Waals surface area contributed by atoms with Gasteiger partial charge in [0.2, 0.25) is 0 Å². The van der Waals surface area contributed by atoms with Crippen LogP contribution in [0.25, 0.3) is 0 Å². The second kappa shape index (κ2) is 5.06. The van der Waals surface area contributed by atoms with Crippen LogP contribution in [0.2, 0.25) is 0 Å². The predicted molar refractivity (Wildman–Crippen MR) is 75.2 cm³/mol. The molecule has 1 aliphatic heterocycles. The molecule has 1 aromatic rings. The maximum absolute atomic E-state index is 6.31. The van der Waals surface area contributed by atoms with Crippen molar-refractivity contribution in [2.75, 3.05) is 25.5 Å². The number of rotatable bonds is 5. The van der Waals surface area contributed by atoms with Gasteiger partial charge >= 0.3 is 104 Å². The van der Waals surface area contributed by atoms with Crippen molar-refractivity contribution in [2.24, 2.45) is 0 Å². The van der Waals surface area contributed by atoms with Gasteiger partial charge in [-0.1, -0.05) is 0 Å². The third kappa shape index (κ3) is 2.14. The molecule has 0 unspecified atom stereocenters. The Labute approximate surface area is 104 Å². The van der Waals surface area contributed by atoms with Crippen LogP contribution in [0.3, 0.4) is 0 Å². The zero-order valence-corrected chi connectivity index (χ0v) is 11.8. The van der Waals surface area contributed by atoms with Gasteiger partial charge in [-0.25, -0.2) is 0 Å². The van der Waals surface area contributed by atoms with E-state index in [2.05, 4.69) is 44.2 Å². The molecule has 2 rings (SSSR count). The van der Waals surface area contributed by atoms with Crippen molar-refractivity contribution >= 4 is 12.4 Å². The Morgan fingerprint density at radius 1 is 0.941 bits per heavy atom. The molecule has 1 saturated heterocycles. The monoisotopic (exact) mass is 254 g/mol. The summed E-state index contributed by atoms with van der Waals surface area (Å²) >= 11 is 0. The van der Waals surface area contributed by atoms with Crippen molar-refractivity contribution in [3.8, 4) is 0 Å². The van der Waals surface area contributed by atoms with Crippen molar-refractivity contribution in [3.05, 3.63) is 30.3 Å². The summed E-state index contributed by atoms with van der Waals surface area (Å²) in [5, 5.41) is 1.31. The molecule has 1 aliphatic rings. The molecule has 1 aromatic carbocycles. The van der Waals surface area contributed by atoms with Crippen LogP contribution in [0.5, 0.6) is 0 Å². The van der Waals surface area contributed by atoms with Gasteiger partial charge < -0.3 is 0 Å². The Bertz CT molecular complexity index is 348. The first-order valence-corrected chi connectivity index (χ1v) is 9.07. The molecule has 17 heavy (non-hydrogen) atoms. The third-order valence-corrected chi connectivity index (χ3v) is 9.27. The number of hydrogen-bond donors (Lipinski definition) is 0. The molecular weight excluding hydrogens is 231 g/mol. The SMILES string of the molecule is CCOP1(OCC)(c2ccccc2)CCCC1. The topological polar surface area (TPSA) is 18.5 Å². The van der Waals surface area contributed by atoms with Crippen LogP contribution in [-0.4, -0.2) is 25.5 Å². The first-order valence-electron chi connectivity index (χ1n) is 6.62. The van der Waals surface area contributed by atoms with E-state index in [0.717, 1.165) is 25.5 Å². The summed E-state index contributed by atoms with van der Waals surface area (Å²) in [4.78, 5) is 0. The van der Waals surface area contributed by atoms with Gasteiger partial charge in [0.1, 0.15) is 0 Å². The zero-order chi connectivity index (χ0) is 12.2. The van der Waals surface area contributed by atoms with Crippen LogP contribution in [0, 0.1) is 0 Å². The average Bonchev–Trinajstić information content (AvgIpc) is 2.78. The Hall–Kier alpha value is -0.430. The minimum atomic E-state index is -2.54. The fourth-order valence-corrected chi connectivity index (χ4v) is 8.43. The molecule has 2 nitrogen and oxygen atoms in total. The van der Waals surface area contributed by atoms with Crippen molar-refractivity contribution in [2.45, 2.75) is 26.7 Å². The molecule has 0 aromatic heterocycles. The van der Waals surface area contributed by atoms with Crippen LogP contribution < -0.4 is 5.30 Å². The Kier molecular flexibility index (Phi) is 3.87. The molecule has 0 atom stereocenters. The van der Waals surface area contributed by atoms with Gasteiger partial charge in [-0.2, -0.15) is 0 Å². The van der Waals surface area contributed by atoms with Crippen LogP contribution in [-0.2, 0) is 9.05 Å². The van der Waals surface area contributed by atoms with Gasteiger partial charge in [0.15, 0.2) is 0 Å². The fraction of sp³-hybridized carbons (Fsp3) is 0.571. The van der Waals surface area contributed by atoms with Gasteiger partial charge in [0.25, 0.3) is 0 Å². The van der Waals surface area contributed by atoms with Gasteiger partial charge in [-0.3, -0.25) is 0 Å². The Balaban J connectivity index is 2.48. The first-order chi connectivity index (χ1) is 8.25. The first kappa shape index (κ1) is 13.0. The summed E-state index contributed by atoms with van der Waals surface area (Å²) in [6, 6.07) is 10.6. The van der Waals surface area contributed by atoms with E-state index in [9.17, 15) is 0 Å². The summed E-state index contributed by atoms with van der Waals surface area (Å²) in [7, 11) is -2.54. The zero-order valence-electron chi connectivity index (χ0n) is 10.9. The molecule has 0 aliphatic carbocycles. The van der Waals surface area contributed by atoms with Crippen molar-refractivity contribution in [3.63, 3.8) is 0 Å². The van der Waals surface area contributed by atoms with E-state index in [1.807, 2.05) is 0 Å². The molecule has 1 fully saturated rings. The third-order valence-electron chi connectivity index (χ3n) is 3.66. The quantitative estimate of drug-likeness (QED) is 0.748. The molecule has 96 valence electrons. The van der Waals surface area contributed by atoms with Crippen LogP contribution >= 0.6 is 7.06 Å². The molecule has 0 bridgehead atoms. The minimum absolute atomic E-state index is 0.743. The second-order valence-electron chi connectivity index (χ2n) is 4.64. The van der Waals surface area contributed by atoms with Gasteiger partial charge in [-0.05, 0) is 0 Å². The predicted octanol–water partition coefficient (Wildman–Crippen LogP) is 3.56. The molecular formula is C14H23O2P. The Morgan fingerprint density at radius 3 is 1.94 bits per heavy atom. The van der Waals surface area contributed by atoms with Gasteiger partial charge in [-0.15, -0.1) is 0 Å². The number of benzene rings is 1. The van der Waals surface area contributed by atoms with Crippen LogP contribution in [0.1, 0.15) is 26.7 Å². The van der Waals surface area contributed by atoms with Crippen LogP contribution in [0.4, 0.5) is 0 Å². The maximum atomic E-state index is 6.31. The summed E-state index contributed by atoms with van der Waals surface area (Å²) in [6.45, 7) is 5.64. The molecule has 0 spiro atoms. The second-order valence-corrected chi connectivity index (χ2v) is 9.19. The summed E-state index contributed by atoms with van der Waals surface area (Å²) in [5.41, 5.74) is 0. The van der Waals surface area contributed by atoms with Crippen molar-refractivity contribution in [1.82, 2.24) is 0 Å². The molecule has 0 amide bonds. The molecule has 3 heteroatoms. The van der Waals surface area contributed by atoms with E-state index in [0.29, 0.717) is 0 Å². The van der Waals surface area contributed by atoms with E-state index in [1.54, 1.807) is 0 Å². The van der Waals surface area contributed by atoms with E-state index < -0.39 is 7.06 Å². The summed E-state index contributed by atoms with van der Waals surface area (Å²) < 4.78 is 12.6. The van der Waals surface area contributed by atoms with Crippen molar-refractivity contribution < 1.29 is 9.05 Å². The fourth-order valence-electron chi connectivity index (χ4n) is 3.04. The average molecular weight is 254 g/mol.